The van der Waals surface area contributed by atoms with E-state index in [0.29, 0.717) is 5.75 Å². The number of benzene rings is 1. The van der Waals surface area contributed by atoms with Gasteiger partial charge in [0.25, 0.3) is 5.56 Å². The Balaban J connectivity index is 1.93. The average molecular weight is 309 g/mol. The van der Waals surface area contributed by atoms with Crippen LogP contribution in [0.3, 0.4) is 0 Å². The number of allylic oxidation sites excluding steroid dienone is 1. The number of nitrogens with one attached hydrogen (secondary N) is 1. The molecule has 0 amide bonds. The Labute approximate surface area is 134 Å². The smallest absolute Gasteiger partial charge is 0.255 e. The number of fused-ring (bicyclic) bond motifs is 3. The lowest BCUT2D eigenvalue weighted by Gasteiger charge is -2.24. The lowest BCUT2D eigenvalue weighted by molar-refractivity contribution is 0.142. The largest absolute Gasteiger partial charge is 0.508 e. The Morgan fingerprint density at radius 2 is 1.96 bits per heavy atom. The molecule has 1 aliphatic heterocycles. The summed E-state index contributed by atoms with van der Waals surface area (Å²) >= 11 is 0. The van der Waals surface area contributed by atoms with Crippen LogP contribution >= 0.6 is 0 Å². The maximum absolute atomic E-state index is 12.5. The van der Waals surface area contributed by atoms with Gasteiger partial charge in [-0.25, -0.2) is 0 Å². The Bertz CT molecular complexity index is 878. The van der Waals surface area contributed by atoms with Gasteiger partial charge in [0.2, 0.25) is 0 Å². The zero-order valence-electron chi connectivity index (χ0n) is 13.4. The molecule has 1 aromatic carbocycles. The van der Waals surface area contributed by atoms with Gasteiger partial charge < -0.3 is 14.8 Å². The molecule has 2 aliphatic rings. The molecule has 0 bridgehead atoms. The number of ether oxygens (including phenoxy) is 1. The van der Waals surface area contributed by atoms with Crippen LogP contribution < -0.4 is 10.3 Å². The molecule has 0 saturated heterocycles. The zero-order valence-corrected chi connectivity index (χ0v) is 13.4. The fraction of sp³-hybridized carbons (Fsp3) is 0.316. The van der Waals surface area contributed by atoms with Crippen molar-refractivity contribution in [2.75, 3.05) is 0 Å². The first-order chi connectivity index (χ1) is 10.9. The van der Waals surface area contributed by atoms with E-state index < -0.39 is 5.60 Å². The number of phenols is 1. The van der Waals surface area contributed by atoms with Crippen LogP contribution in [0.1, 0.15) is 32.3 Å². The number of phenolic OH excluding ortho intramolecular Hbond substituents is 1. The molecule has 2 N–H and O–H groups in total. The molecule has 1 aromatic heterocycles. The summed E-state index contributed by atoms with van der Waals surface area (Å²) in [6.45, 7) is 6.28. The summed E-state index contributed by atoms with van der Waals surface area (Å²) in [4.78, 5) is 15.3. The van der Waals surface area contributed by atoms with Gasteiger partial charge in [0.15, 0.2) is 0 Å². The minimum Gasteiger partial charge on any atom is -0.508 e. The molecule has 0 fully saturated rings. The zero-order chi connectivity index (χ0) is 16.4. The fourth-order valence-electron chi connectivity index (χ4n) is 4.06. The van der Waals surface area contributed by atoms with Crippen LogP contribution in [-0.2, 0) is 0 Å². The SMILES string of the molecule is CC1=C[C@@]2(C)Oc3c(-c4ccc(O)cc4)c[nH]c(=O)c3[C@H]2[C@@H]1C. The van der Waals surface area contributed by atoms with Gasteiger partial charge in [-0.05, 0) is 43.5 Å². The monoisotopic (exact) mass is 309 g/mol. The Morgan fingerprint density at radius 1 is 1.26 bits per heavy atom. The highest BCUT2D eigenvalue weighted by Crippen LogP contribution is 2.56. The lowest BCUT2D eigenvalue weighted by Crippen LogP contribution is -2.32. The van der Waals surface area contributed by atoms with E-state index in [9.17, 15) is 9.90 Å². The van der Waals surface area contributed by atoms with Gasteiger partial charge in [0.05, 0.1) is 5.56 Å². The van der Waals surface area contributed by atoms with Crippen molar-refractivity contribution in [1.29, 1.82) is 0 Å². The summed E-state index contributed by atoms with van der Waals surface area (Å²) in [6, 6.07) is 6.93. The molecule has 0 spiro atoms. The summed E-state index contributed by atoms with van der Waals surface area (Å²) in [5.41, 5.74) is 3.22. The van der Waals surface area contributed by atoms with Gasteiger partial charge in [0.1, 0.15) is 17.1 Å². The standard InChI is InChI=1S/C19H19NO3/c1-10-8-19(3)16(11(10)2)15-17(23-19)14(9-20-18(15)22)12-4-6-13(21)7-5-12/h4-9,11,16,21H,1-3H3,(H,20,22)/t11-,16-,19-/m1/s1. The van der Waals surface area contributed by atoms with Crippen LogP contribution in [0, 0.1) is 5.92 Å². The predicted octanol–water partition coefficient (Wildman–Crippen LogP) is 3.58. The van der Waals surface area contributed by atoms with Crippen molar-refractivity contribution in [1.82, 2.24) is 4.98 Å². The van der Waals surface area contributed by atoms with E-state index in [1.54, 1.807) is 18.3 Å². The number of hydrogen-bond donors (Lipinski definition) is 2. The number of H-pyrrole nitrogens is 1. The Morgan fingerprint density at radius 3 is 2.65 bits per heavy atom. The van der Waals surface area contributed by atoms with Gasteiger partial charge in [-0.15, -0.1) is 0 Å². The number of pyridine rings is 1. The molecule has 4 nitrogen and oxygen atoms in total. The molecule has 4 rings (SSSR count). The van der Waals surface area contributed by atoms with E-state index >= 15 is 0 Å². The van der Waals surface area contributed by atoms with Crippen molar-refractivity contribution in [2.24, 2.45) is 5.92 Å². The summed E-state index contributed by atoms with van der Waals surface area (Å²) in [6.07, 6.45) is 3.83. The van der Waals surface area contributed by atoms with E-state index in [0.717, 1.165) is 16.7 Å². The van der Waals surface area contributed by atoms with Crippen LogP contribution in [-0.4, -0.2) is 15.7 Å². The first kappa shape index (κ1) is 14.1. The van der Waals surface area contributed by atoms with Gasteiger partial charge in [-0.2, -0.15) is 0 Å². The van der Waals surface area contributed by atoms with Crippen molar-refractivity contribution in [3.63, 3.8) is 0 Å². The third kappa shape index (κ3) is 1.87. The van der Waals surface area contributed by atoms with Crippen molar-refractivity contribution in [2.45, 2.75) is 32.3 Å². The van der Waals surface area contributed by atoms with Crippen molar-refractivity contribution >= 4 is 0 Å². The number of aromatic nitrogens is 1. The highest BCUT2D eigenvalue weighted by molar-refractivity contribution is 5.73. The van der Waals surface area contributed by atoms with E-state index in [-0.39, 0.29) is 23.1 Å². The maximum atomic E-state index is 12.5. The molecule has 3 atom stereocenters. The number of aromatic hydroxyl groups is 1. The molecule has 0 unspecified atom stereocenters. The van der Waals surface area contributed by atoms with Gasteiger partial charge >= 0.3 is 0 Å². The summed E-state index contributed by atoms with van der Waals surface area (Å²) in [7, 11) is 0. The van der Waals surface area contributed by atoms with Crippen LogP contribution in [0.25, 0.3) is 11.1 Å². The van der Waals surface area contributed by atoms with Gasteiger partial charge in [-0.3, -0.25) is 4.79 Å². The molecule has 0 radical (unpaired) electrons. The van der Waals surface area contributed by atoms with Crippen molar-refractivity contribution in [3.05, 3.63) is 58.0 Å². The predicted molar refractivity (Wildman–Crippen MR) is 88.9 cm³/mol. The Kier molecular flexibility index (Phi) is 2.77. The van der Waals surface area contributed by atoms with E-state index in [1.807, 2.05) is 19.1 Å². The highest BCUT2D eigenvalue weighted by atomic mass is 16.5. The number of rotatable bonds is 1. The first-order valence-corrected chi connectivity index (χ1v) is 7.84. The number of hydrogen-bond acceptors (Lipinski definition) is 3. The topological polar surface area (TPSA) is 62.3 Å². The molecular weight excluding hydrogens is 290 g/mol. The van der Waals surface area contributed by atoms with Crippen LogP contribution in [0.5, 0.6) is 11.5 Å². The van der Waals surface area contributed by atoms with Crippen molar-refractivity contribution in [3.8, 4) is 22.6 Å². The molecule has 1 aliphatic carbocycles. The quantitative estimate of drug-likeness (QED) is 0.792. The molecule has 4 heteroatoms. The van der Waals surface area contributed by atoms with E-state index in [2.05, 4.69) is 24.9 Å². The Hall–Kier alpha value is -2.49. The minimum atomic E-state index is -0.466. The van der Waals surface area contributed by atoms with Crippen LogP contribution in [0.15, 0.2) is 46.9 Å². The summed E-state index contributed by atoms with van der Waals surface area (Å²) < 4.78 is 6.30. The third-order valence-corrected chi connectivity index (χ3v) is 5.24. The van der Waals surface area contributed by atoms with E-state index in [4.69, 9.17) is 4.74 Å². The summed E-state index contributed by atoms with van der Waals surface area (Å²) in [5.74, 6) is 1.20. The number of aromatic amines is 1. The average Bonchev–Trinajstić information content (AvgIpc) is 2.92. The van der Waals surface area contributed by atoms with Gasteiger partial charge in [0, 0.05) is 17.7 Å². The lowest BCUT2D eigenvalue weighted by atomic mass is 9.82. The maximum Gasteiger partial charge on any atom is 0.255 e. The molecule has 2 aromatic rings. The van der Waals surface area contributed by atoms with Crippen LogP contribution in [0.2, 0.25) is 0 Å². The van der Waals surface area contributed by atoms with E-state index in [1.165, 1.54) is 5.57 Å². The molecule has 2 heterocycles. The second kappa shape index (κ2) is 4.51. The summed E-state index contributed by atoms with van der Waals surface area (Å²) in [5, 5.41) is 9.48. The molecule has 0 saturated carbocycles. The second-order valence-corrected chi connectivity index (χ2v) is 6.76. The molecule has 118 valence electrons. The molecular formula is C19H19NO3. The minimum absolute atomic E-state index is 0.0401. The van der Waals surface area contributed by atoms with Crippen molar-refractivity contribution < 1.29 is 9.84 Å². The fourth-order valence-corrected chi connectivity index (χ4v) is 4.06. The second-order valence-electron chi connectivity index (χ2n) is 6.76. The highest BCUT2D eigenvalue weighted by Gasteiger charge is 2.52. The third-order valence-electron chi connectivity index (χ3n) is 5.24. The van der Waals surface area contributed by atoms with Crippen LogP contribution in [0.4, 0.5) is 0 Å². The first-order valence-electron chi connectivity index (χ1n) is 7.84. The molecule has 23 heavy (non-hydrogen) atoms. The van der Waals surface area contributed by atoms with Gasteiger partial charge in [-0.1, -0.05) is 24.6 Å². The normalized spacial score (nSPS) is 28.0.